The molecule has 4 rings (SSSR count). The minimum absolute atomic E-state index is 0.0745. The summed E-state index contributed by atoms with van der Waals surface area (Å²) in [6.07, 6.45) is 0.0863. The predicted molar refractivity (Wildman–Crippen MR) is 106 cm³/mol. The molecule has 2 aromatic heterocycles. The van der Waals surface area contributed by atoms with Gasteiger partial charge in [-0.1, -0.05) is 5.10 Å². The number of carbonyl (C=O) groups is 1. The Kier molecular flexibility index (Phi) is 5.89. The average Bonchev–Trinajstić information content (AvgIpc) is 3.32. The van der Waals surface area contributed by atoms with Crippen molar-refractivity contribution in [1.82, 2.24) is 25.2 Å². The lowest BCUT2D eigenvalue weighted by Gasteiger charge is -2.14. The van der Waals surface area contributed by atoms with Crippen molar-refractivity contribution >= 4 is 31.8 Å². The Morgan fingerprint density at radius 3 is 2.87 bits per heavy atom. The van der Waals surface area contributed by atoms with Crippen LogP contribution in [0.15, 0.2) is 36.5 Å². The fourth-order valence-corrected chi connectivity index (χ4v) is 3.29. The number of nitrogens with zero attached hydrogens (tertiary/aromatic N) is 6. The van der Waals surface area contributed by atoms with Gasteiger partial charge in [0.2, 0.25) is 0 Å². The Morgan fingerprint density at radius 2 is 2.23 bits per heavy atom. The number of hydrogen-bond donors (Lipinski definition) is 2. The van der Waals surface area contributed by atoms with Crippen LogP contribution in [0.1, 0.15) is 0 Å². The molecule has 1 amide bonds. The molecule has 2 N–H and O–H groups in total. The van der Waals surface area contributed by atoms with Crippen molar-refractivity contribution in [3.05, 3.63) is 42.3 Å². The summed E-state index contributed by atoms with van der Waals surface area (Å²) < 4.78 is 35.1. The molecule has 1 fully saturated rings. The molecule has 1 aromatic carbocycles. The summed E-state index contributed by atoms with van der Waals surface area (Å²) in [5.74, 6) is 0.196. The molecular formula is C17H17FN7O5P. The first-order valence-corrected chi connectivity index (χ1v) is 10.3. The summed E-state index contributed by atoms with van der Waals surface area (Å²) in [6.45, 7) is -0.141. The lowest BCUT2D eigenvalue weighted by atomic mass is 10.1. The van der Waals surface area contributed by atoms with Gasteiger partial charge in [-0.2, -0.15) is 4.80 Å². The summed E-state index contributed by atoms with van der Waals surface area (Å²) in [7, 11) is -1.49. The first-order chi connectivity index (χ1) is 14.9. The number of aromatic nitrogens is 5. The third-order valence-corrected chi connectivity index (χ3v) is 4.77. The summed E-state index contributed by atoms with van der Waals surface area (Å²) in [6, 6.07) is 7.65. The van der Waals surface area contributed by atoms with Crippen LogP contribution in [-0.2, 0) is 20.9 Å². The van der Waals surface area contributed by atoms with Crippen molar-refractivity contribution in [2.75, 3.05) is 23.4 Å². The van der Waals surface area contributed by atoms with Gasteiger partial charge in [0.25, 0.3) is 5.95 Å². The van der Waals surface area contributed by atoms with Crippen molar-refractivity contribution in [3.63, 3.8) is 0 Å². The molecule has 3 aromatic rings. The van der Waals surface area contributed by atoms with Gasteiger partial charge in [0.1, 0.15) is 17.7 Å². The number of amides is 1. The SMILES string of the molecule is Cn1nnc(Nc2ccc(-c3ccc(N4C[C@H](CO[PH](=O)O)OC4=O)cc3F)cn2)n1. The van der Waals surface area contributed by atoms with Crippen LogP contribution in [0.2, 0.25) is 0 Å². The maximum atomic E-state index is 14.8. The van der Waals surface area contributed by atoms with Crippen LogP contribution in [0.25, 0.3) is 11.1 Å². The van der Waals surface area contributed by atoms with E-state index >= 15 is 0 Å². The minimum Gasteiger partial charge on any atom is -0.441 e. The van der Waals surface area contributed by atoms with Gasteiger partial charge in [0.05, 0.1) is 25.9 Å². The quantitative estimate of drug-likeness (QED) is 0.513. The Morgan fingerprint density at radius 1 is 1.39 bits per heavy atom. The van der Waals surface area contributed by atoms with Gasteiger partial charge >= 0.3 is 14.3 Å². The molecule has 0 radical (unpaired) electrons. The first-order valence-electron chi connectivity index (χ1n) is 9.00. The zero-order chi connectivity index (χ0) is 22.0. The van der Waals surface area contributed by atoms with E-state index in [2.05, 4.69) is 30.2 Å². The lowest BCUT2D eigenvalue weighted by molar-refractivity contribution is 0.103. The Bertz CT molecular complexity index is 1130. The van der Waals surface area contributed by atoms with Gasteiger partial charge in [0, 0.05) is 17.3 Å². The molecule has 31 heavy (non-hydrogen) atoms. The van der Waals surface area contributed by atoms with E-state index in [0.717, 1.165) is 0 Å². The first kappa shape index (κ1) is 20.8. The van der Waals surface area contributed by atoms with Crippen LogP contribution < -0.4 is 10.2 Å². The van der Waals surface area contributed by atoms with Gasteiger partial charge in [0.15, 0.2) is 0 Å². The maximum Gasteiger partial charge on any atom is 0.414 e. The Balaban J connectivity index is 1.46. The van der Waals surface area contributed by atoms with Crippen LogP contribution in [0.5, 0.6) is 0 Å². The molecule has 0 spiro atoms. The molecule has 0 bridgehead atoms. The zero-order valence-corrected chi connectivity index (χ0v) is 17.1. The molecule has 0 aliphatic carbocycles. The number of ether oxygens (including phenoxy) is 1. The van der Waals surface area contributed by atoms with Crippen molar-refractivity contribution in [3.8, 4) is 11.1 Å². The van der Waals surface area contributed by atoms with Gasteiger partial charge in [-0.25, -0.2) is 14.2 Å². The lowest BCUT2D eigenvalue weighted by Crippen LogP contribution is -2.25. The van der Waals surface area contributed by atoms with E-state index in [0.29, 0.717) is 22.6 Å². The highest BCUT2D eigenvalue weighted by molar-refractivity contribution is 7.32. The monoisotopic (exact) mass is 449 g/mol. The highest BCUT2D eigenvalue weighted by Gasteiger charge is 2.33. The minimum atomic E-state index is -3.12. The Hall–Kier alpha value is -3.41. The van der Waals surface area contributed by atoms with E-state index in [9.17, 15) is 13.8 Å². The van der Waals surface area contributed by atoms with Gasteiger partial charge in [-0.05, 0) is 35.5 Å². The fourth-order valence-electron chi connectivity index (χ4n) is 2.97. The number of carbonyl (C=O) groups excluding carboxylic acids is 1. The predicted octanol–water partition coefficient (Wildman–Crippen LogP) is 1.88. The zero-order valence-electron chi connectivity index (χ0n) is 16.1. The van der Waals surface area contributed by atoms with Crippen molar-refractivity contribution in [1.29, 1.82) is 0 Å². The second kappa shape index (κ2) is 8.76. The van der Waals surface area contributed by atoms with Crippen LogP contribution in [0.4, 0.5) is 26.6 Å². The van der Waals surface area contributed by atoms with Crippen LogP contribution >= 0.6 is 8.25 Å². The molecule has 1 saturated heterocycles. The number of nitrogens with one attached hydrogen (secondary N) is 1. The second-order valence-electron chi connectivity index (χ2n) is 6.52. The number of benzene rings is 1. The van der Waals surface area contributed by atoms with Crippen LogP contribution in [0.3, 0.4) is 0 Å². The smallest absolute Gasteiger partial charge is 0.414 e. The number of hydrogen-bond acceptors (Lipinski definition) is 9. The van der Waals surface area contributed by atoms with Gasteiger partial charge in [-0.3, -0.25) is 9.46 Å². The van der Waals surface area contributed by atoms with E-state index in [1.807, 2.05) is 0 Å². The molecule has 14 heteroatoms. The highest BCUT2D eigenvalue weighted by atomic mass is 31.1. The molecule has 12 nitrogen and oxygen atoms in total. The van der Waals surface area contributed by atoms with Gasteiger partial charge in [-0.15, -0.1) is 5.10 Å². The number of anilines is 3. The topological polar surface area (TPSA) is 145 Å². The maximum absolute atomic E-state index is 14.8. The van der Waals surface area contributed by atoms with E-state index in [1.165, 1.54) is 28.0 Å². The van der Waals surface area contributed by atoms with E-state index in [1.54, 1.807) is 25.2 Å². The fraction of sp³-hybridized carbons (Fsp3) is 0.235. The standard InChI is InChI=1S/C17H17FN7O5P/c1-24-22-16(21-23-24)20-15-5-2-10(7-19-15)13-4-3-11(6-14(13)18)25-8-12(30-17(25)26)9-29-31(27)28/h2-7,12,31H,8-9H2,1H3,(H,27,28)(H,19,20,22)/t12-/m1/s1. The van der Waals surface area contributed by atoms with Crippen LogP contribution in [0, 0.1) is 5.82 Å². The van der Waals surface area contributed by atoms with Crippen LogP contribution in [-0.4, -0.2) is 55.4 Å². The van der Waals surface area contributed by atoms with Gasteiger partial charge < -0.3 is 19.5 Å². The number of cyclic esters (lactones) is 1. The molecule has 1 unspecified atom stereocenters. The summed E-state index contributed by atoms with van der Waals surface area (Å²) in [5.41, 5.74) is 1.13. The second-order valence-corrected chi connectivity index (χ2v) is 7.34. The van der Waals surface area contributed by atoms with E-state index in [-0.39, 0.29) is 19.1 Å². The molecule has 162 valence electrons. The molecule has 3 heterocycles. The van der Waals surface area contributed by atoms with Crippen molar-refractivity contribution in [2.45, 2.75) is 6.10 Å². The molecule has 2 atom stereocenters. The normalized spacial score (nSPS) is 16.9. The Labute approximate surface area is 175 Å². The number of aryl methyl sites for hydroxylation is 1. The number of halogens is 1. The van der Waals surface area contributed by atoms with E-state index in [4.69, 9.17) is 9.63 Å². The third-order valence-electron chi connectivity index (χ3n) is 4.35. The number of tetrazole rings is 1. The summed E-state index contributed by atoms with van der Waals surface area (Å²) in [4.78, 5) is 27.5. The highest BCUT2D eigenvalue weighted by Crippen LogP contribution is 2.30. The van der Waals surface area contributed by atoms with E-state index < -0.39 is 26.3 Å². The van der Waals surface area contributed by atoms with Crippen molar-refractivity contribution in [2.24, 2.45) is 7.05 Å². The largest absolute Gasteiger partial charge is 0.441 e. The molecular weight excluding hydrogens is 432 g/mol. The number of pyridine rings is 1. The molecule has 1 aliphatic rings. The number of rotatable bonds is 7. The third kappa shape index (κ3) is 4.85. The molecule has 0 saturated carbocycles. The summed E-state index contributed by atoms with van der Waals surface area (Å²) in [5, 5.41) is 14.4. The molecule has 1 aliphatic heterocycles. The average molecular weight is 449 g/mol. The summed E-state index contributed by atoms with van der Waals surface area (Å²) >= 11 is 0. The van der Waals surface area contributed by atoms with Crippen molar-refractivity contribution < 1.29 is 27.9 Å².